The third-order valence-corrected chi connectivity index (χ3v) is 5.58. The number of amidine groups is 1. The number of methoxy groups -OCH3 is 1. The number of ether oxygens (including phenoxy) is 1. The van der Waals surface area contributed by atoms with Crippen molar-refractivity contribution in [2.24, 2.45) is 4.99 Å². The van der Waals surface area contributed by atoms with Gasteiger partial charge in [0, 0.05) is 5.56 Å². The van der Waals surface area contributed by atoms with Crippen molar-refractivity contribution in [1.29, 1.82) is 0 Å². The van der Waals surface area contributed by atoms with E-state index < -0.39 is 11.7 Å². The molecule has 1 N–H and O–H groups in total. The molecule has 1 aromatic heterocycles. The molecule has 4 rings (SSSR count). The molecule has 1 aliphatic heterocycles. The average Bonchev–Trinajstić information content (AvgIpc) is 3.34. The fraction of sp³-hybridized carbons (Fsp3) is 0.0909. The van der Waals surface area contributed by atoms with E-state index in [-0.39, 0.29) is 21.6 Å². The number of hydrogen-bond donors (Lipinski definition) is 1. The second kappa shape index (κ2) is 8.76. The van der Waals surface area contributed by atoms with Gasteiger partial charge in [-0.1, -0.05) is 11.6 Å². The maximum atomic E-state index is 13.0. The molecule has 0 bridgehead atoms. The van der Waals surface area contributed by atoms with Crippen molar-refractivity contribution in [3.8, 4) is 17.1 Å². The molecule has 1 aliphatic rings. The number of carbonyl (C=O) groups is 1. The maximum absolute atomic E-state index is 13.0. The lowest BCUT2D eigenvalue weighted by Crippen LogP contribution is -2.18. The van der Waals surface area contributed by atoms with Gasteiger partial charge in [0.2, 0.25) is 0 Å². The van der Waals surface area contributed by atoms with Crippen molar-refractivity contribution < 1.29 is 27.1 Å². The zero-order chi connectivity index (χ0) is 22.9. The van der Waals surface area contributed by atoms with Gasteiger partial charge in [0.05, 0.1) is 28.3 Å². The standard InChI is InChI=1S/C22H14ClF3N2O3S/c1-30-14-5-3-13(4-6-14)27-20-19(32-21(29)28-20)11-15-7-9-18(31-15)16-10-12(22(24,25)26)2-8-17(16)23/h2-11H,1H3,(H,27,28,29)/b19-11-. The van der Waals surface area contributed by atoms with E-state index in [0.717, 1.165) is 23.9 Å². The van der Waals surface area contributed by atoms with Crippen LogP contribution in [0.25, 0.3) is 17.4 Å². The van der Waals surface area contributed by atoms with Gasteiger partial charge in [0.1, 0.15) is 23.1 Å². The van der Waals surface area contributed by atoms with E-state index in [9.17, 15) is 18.0 Å². The summed E-state index contributed by atoms with van der Waals surface area (Å²) in [5.41, 5.74) is -0.111. The number of amides is 1. The molecular formula is C22H14ClF3N2O3S. The predicted octanol–water partition coefficient (Wildman–Crippen LogP) is 7.15. The summed E-state index contributed by atoms with van der Waals surface area (Å²) in [6.45, 7) is 0. The van der Waals surface area contributed by atoms with Crippen molar-refractivity contribution in [3.05, 3.63) is 75.8 Å². The van der Waals surface area contributed by atoms with Gasteiger partial charge in [-0.3, -0.25) is 4.79 Å². The molecule has 1 amide bonds. The van der Waals surface area contributed by atoms with Gasteiger partial charge in [-0.05, 0) is 72.4 Å². The van der Waals surface area contributed by atoms with E-state index in [0.29, 0.717) is 27.9 Å². The molecule has 0 saturated carbocycles. The molecule has 164 valence electrons. The highest BCUT2D eigenvalue weighted by atomic mass is 35.5. The number of carbonyl (C=O) groups excluding carboxylic acids is 1. The fourth-order valence-corrected chi connectivity index (χ4v) is 3.82. The minimum Gasteiger partial charge on any atom is -0.497 e. The Morgan fingerprint density at radius 1 is 1.12 bits per heavy atom. The first kappa shape index (κ1) is 22.0. The van der Waals surface area contributed by atoms with Crippen molar-refractivity contribution in [2.75, 3.05) is 7.11 Å². The van der Waals surface area contributed by atoms with Crippen LogP contribution in [0.5, 0.6) is 5.75 Å². The molecule has 2 aromatic carbocycles. The number of aliphatic imine (C=N–C) groups is 1. The summed E-state index contributed by atoms with van der Waals surface area (Å²) in [5.74, 6) is 1.50. The number of alkyl halides is 3. The smallest absolute Gasteiger partial charge is 0.416 e. The molecule has 5 nitrogen and oxygen atoms in total. The van der Waals surface area contributed by atoms with Crippen LogP contribution in [0.4, 0.5) is 23.7 Å². The second-order valence-corrected chi connectivity index (χ2v) is 8.00. The lowest BCUT2D eigenvalue weighted by Gasteiger charge is -2.09. The Kier molecular flexibility index (Phi) is 6.03. The van der Waals surface area contributed by atoms with Gasteiger partial charge >= 0.3 is 6.18 Å². The van der Waals surface area contributed by atoms with E-state index in [1.807, 2.05) is 0 Å². The third kappa shape index (κ3) is 4.84. The van der Waals surface area contributed by atoms with E-state index >= 15 is 0 Å². The van der Waals surface area contributed by atoms with E-state index in [4.69, 9.17) is 20.8 Å². The second-order valence-electron chi connectivity index (χ2n) is 6.58. The lowest BCUT2D eigenvalue weighted by atomic mass is 10.1. The summed E-state index contributed by atoms with van der Waals surface area (Å²) in [7, 11) is 1.56. The van der Waals surface area contributed by atoms with E-state index in [2.05, 4.69) is 10.3 Å². The van der Waals surface area contributed by atoms with E-state index in [1.165, 1.54) is 12.1 Å². The Morgan fingerprint density at radius 2 is 1.88 bits per heavy atom. The quantitative estimate of drug-likeness (QED) is 0.432. The molecule has 32 heavy (non-hydrogen) atoms. The fourth-order valence-electron chi connectivity index (χ4n) is 2.89. The minimum absolute atomic E-state index is 0.117. The van der Waals surface area contributed by atoms with Gasteiger partial charge < -0.3 is 14.5 Å². The summed E-state index contributed by atoms with van der Waals surface area (Å²) >= 11 is 7.02. The van der Waals surface area contributed by atoms with Gasteiger partial charge in [0.25, 0.3) is 5.24 Å². The molecule has 10 heteroatoms. The van der Waals surface area contributed by atoms with Crippen LogP contribution in [0.1, 0.15) is 11.3 Å². The summed E-state index contributed by atoms with van der Waals surface area (Å²) in [5, 5.41) is 2.48. The molecule has 0 atom stereocenters. The zero-order valence-electron chi connectivity index (χ0n) is 16.4. The number of hydrogen-bond acceptors (Lipinski definition) is 5. The molecule has 1 fully saturated rings. The van der Waals surface area contributed by atoms with Gasteiger partial charge in [-0.2, -0.15) is 13.2 Å². The summed E-state index contributed by atoms with van der Waals surface area (Å²) in [6, 6.07) is 13.1. The number of benzene rings is 2. The molecular weight excluding hydrogens is 465 g/mol. The highest BCUT2D eigenvalue weighted by Crippen LogP contribution is 2.37. The molecule has 1 saturated heterocycles. The molecule has 0 spiro atoms. The van der Waals surface area contributed by atoms with Crippen LogP contribution in [0.3, 0.4) is 0 Å². The van der Waals surface area contributed by atoms with Crippen LogP contribution >= 0.6 is 23.4 Å². The largest absolute Gasteiger partial charge is 0.497 e. The van der Waals surface area contributed by atoms with Crippen molar-refractivity contribution in [3.63, 3.8) is 0 Å². The topological polar surface area (TPSA) is 63.8 Å². The Hall–Kier alpha value is -3.17. The highest BCUT2D eigenvalue weighted by Gasteiger charge is 2.31. The summed E-state index contributed by atoms with van der Waals surface area (Å²) < 4.78 is 49.9. The zero-order valence-corrected chi connectivity index (χ0v) is 17.9. The Balaban J connectivity index is 1.64. The van der Waals surface area contributed by atoms with Crippen LogP contribution < -0.4 is 10.1 Å². The Bertz CT molecular complexity index is 1230. The van der Waals surface area contributed by atoms with Crippen LogP contribution in [-0.4, -0.2) is 18.2 Å². The average molecular weight is 479 g/mol. The molecule has 2 heterocycles. The first-order chi connectivity index (χ1) is 15.2. The van der Waals surface area contributed by atoms with Gasteiger partial charge in [0.15, 0.2) is 0 Å². The monoisotopic (exact) mass is 478 g/mol. The predicted molar refractivity (Wildman–Crippen MR) is 118 cm³/mol. The van der Waals surface area contributed by atoms with Crippen LogP contribution in [0, 0.1) is 0 Å². The molecule has 0 aliphatic carbocycles. The number of nitrogens with one attached hydrogen (secondary N) is 1. The highest BCUT2D eigenvalue weighted by molar-refractivity contribution is 8.18. The third-order valence-electron chi connectivity index (χ3n) is 4.43. The number of rotatable bonds is 4. The Morgan fingerprint density at radius 3 is 2.56 bits per heavy atom. The lowest BCUT2D eigenvalue weighted by molar-refractivity contribution is -0.137. The van der Waals surface area contributed by atoms with Crippen molar-refractivity contribution >= 4 is 46.2 Å². The van der Waals surface area contributed by atoms with Gasteiger partial charge in [-0.25, -0.2) is 4.99 Å². The SMILES string of the molecule is COc1ccc(N=C2NC(=O)S/C2=C\c2ccc(-c3cc(C(F)(F)F)ccc3Cl)o2)cc1. The Labute approximate surface area is 189 Å². The molecule has 3 aromatic rings. The summed E-state index contributed by atoms with van der Waals surface area (Å²) in [6.07, 6.45) is -2.92. The number of thioether (sulfide) groups is 1. The number of nitrogens with zero attached hydrogens (tertiary/aromatic N) is 1. The molecule has 0 radical (unpaired) electrons. The summed E-state index contributed by atoms with van der Waals surface area (Å²) in [4.78, 5) is 16.8. The first-order valence-corrected chi connectivity index (χ1v) is 10.3. The van der Waals surface area contributed by atoms with Crippen LogP contribution in [0.15, 0.2) is 68.9 Å². The normalized spacial score (nSPS) is 16.6. The van der Waals surface area contributed by atoms with Crippen LogP contribution in [-0.2, 0) is 6.18 Å². The number of halogens is 4. The first-order valence-electron chi connectivity index (χ1n) is 9.13. The van der Waals surface area contributed by atoms with Crippen molar-refractivity contribution in [2.45, 2.75) is 6.18 Å². The number of furan rings is 1. The van der Waals surface area contributed by atoms with Crippen molar-refractivity contribution in [1.82, 2.24) is 5.32 Å². The maximum Gasteiger partial charge on any atom is 0.416 e. The van der Waals surface area contributed by atoms with Crippen LogP contribution in [0.2, 0.25) is 5.02 Å². The molecule has 0 unspecified atom stereocenters. The minimum atomic E-state index is -4.50. The van der Waals surface area contributed by atoms with E-state index in [1.54, 1.807) is 43.5 Å². The van der Waals surface area contributed by atoms with Gasteiger partial charge in [-0.15, -0.1) is 0 Å².